The van der Waals surface area contributed by atoms with E-state index in [1.165, 1.54) is 6.07 Å². The molecule has 0 fully saturated rings. The number of benzene rings is 2. The second-order valence-corrected chi connectivity index (χ2v) is 8.24. The lowest BCUT2D eigenvalue weighted by atomic mass is 9.89. The van der Waals surface area contributed by atoms with Crippen molar-refractivity contribution in [3.05, 3.63) is 59.4 Å². The van der Waals surface area contributed by atoms with Crippen LogP contribution in [0.2, 0.25) is 0 Å². The number of para-hydroxylation sites is 1. The first-order valence-electron chi connectivity index (χ1n) is 9.65. The van der Waals surface area contributed by atoms with Gasteiger partial charge >= 0.3 is 6.18 Å². The van der Waals surface area contributed by atoms with E-state index in [1.807, 2.05) is 38.1 Å². The van der Waals surface area contributed by atoms with E-state index in [1.54, 1.807) is 19.1 Å². The normalized spacial score (nSPS) is 18.0. The quantitative estimate of drug-likeness (QED) is 0.667. The molecule has 0 aliphatic carbocycles. The number of imidazole rings is 1. The van der Waals surface area contributed by atoms with E-state index < -0.39 is 30.1 Å². The third kappa shape index (κ3) is 3.86. The van der Waals surface area contributed by atoms with Crippen molar-refractivity contribution in [1.29, 1.82) is 0 Å². The molecule has 158 valence electrons. The number of hydrogen-bond acceptors (Lipinski definition) is 3. The van der Waals surface area contributed by atoms with Crippen LogP contribution in [0.25, 0.3) is 11.0 Å². The van der Waals surface area contributed by atoms with Gasteiger partial charge in [-0.15, -0.1) is 0 Å². The van der Waals surface area contributed by atoms with E-state index in [9.17, 15) is 18.0 Å². The van der Waals surface area contributed by atoms with Gasteiger partial charge in [0, 0.05) is 12.0 Å². The molecule has 0 radical (unpaired) electrons. The Labute approximate surface area is 171 Å². The standard InChI is InChI=1S/C22H22F3N3O2/c1-13-8-9-15-17(10-13)28(20(27-15)22(23,24)25)12-19(29)26-16-11-21(2,3)30-18-7-5-4-6-14(16)18/h4-10,16H,11-12H2,1-3H3,(H,26,29)/t16-/m1/s1. The molecule has 1 aliphatic heterocycles. The van der Waals surface area contributed by atoms with Crippen molar-refractivity contribution in [1.82, 2.24) is 14.9 Å². The van der Waals surface area contributed by atoms with Gasteiger partial charge < -0.3 is 14.6 Å². The molecule has 2 heterocycles. The Kier molecular flexibility index (Phi) is 4.75. The van der Waals surface area contributed by atoms with Gasteiger partial charge in [-0.25, -0.2) is 4.98 Å². The Morgan fingerprint density at radius 2 is 2.00 bits per heavy atom. The summed E-state index contributed by atoms with van der Waals surface area (Å²) in [5.74, 6) is -0.927. The first-order chi connectivity index (χ1) is 14.0. The molecule has 2 aromatic carbocycles. The van der Waals surface area contributed by atoms with E-state index in [2.05, 4.69) is 10.3 Å². The number of fused-ring (bicyclic) bond motifs is 2. The van der Waals surface area contributed by atoms with Crippen LogP contribution in [0.1, 0.15) is 43.3 Å². The molecule has 4 rings (SSSR count). The molecular formula is C22H22F3N3O2. The maximum atomic E-state index is 13.6. The van der Waals surface area contributed by atoms with Gasteiger partial charge in [0.25, 0.3) is 0 Å². The van der Waals surface area contributed by atoms with Gasteiger partial charge in [-0.1, -0.05) is 24.3 Å². The van der Waals surface area contributed by atoms with Crippen LogP contribution in [0.3, 0.4) is 0 Å². The largest absolute Gasteiger partial charge is 0.487 e. The van der Waals surface area contributed by atoms with Crippen LogP contribution in [0.4, 0.5) is 13.2 Å². The first kappa shape index (κ1) is 20.3. The molecule has 0 bridgehead atoms. The second kappa shape index (κ2) is 7.04. The average molecular weight is 417 g/mol. The van der Waals surface area contributed by atoms with E-state index in [0.29, 0.717) is 12.2 Å². The summed E-state index contributed by atoms with van der Waals surface area (Å²) < 4.78 is 47.6. The molecule has 1 atom stereocenters. The fourth-order valence-electron chi connectivity index (χ4n) is 3.92. The Hall–Kier alpha value is -3.03. The first-order valence-corrected chi connectivity index (χ1v) is 9.65. The highest BCUT2D eigenvalue weighted by atomic mass is 19.4. The summed E-state index contributed by atoms with van der Waals surface area (Å²) in [6.45, 7) is 5.13. The molecule has 1 amide bonds. The number of aryl methyl sites for hydroxylation is 1. The number of ether oxygens (including phenoxy) is 1. The Morgan fingerprint density at radius 3 is 2.73 bits per heavy atom. The molecule has 0 unspecified atom stereocenters. The number of hydrogen-bond donors (Lipinski definition) is 1. The molecule has 0 saturated carbocycles. The SMILES string of the molecule is Cc1ccc2nc(C(F)(F)F)n(CC(=O)N[C@@H]3CC(C)(C)Oc4ccccc43)c2c1. The van der Waals surface area contributed by atoms with Crippen molar-refractivity contribution >= 4 is 16.9 Å². The number of carbonyl (C=O) groups is 1. The molecular weight excluding hydrogens is 395 g/mol. The lowest BCUT2D eigenvalue weighted by Crippen LogP contribution is -2.42. The number of amides is 1. The van der Waals surface area contributed by atoms with Gasteiger partial charge in [-0.3, -0.25) is 4.79 Å². The lowest BCUT2D eigenvalue weighted by Gasteiger charge is -2.37. The summed E-state index contributed by atoms with van der Waals surface area (Å²) in [5, 5.41) is 2.89. The summed E-state index contributed by atoms with van der Waals surface area (Å²) in [6.07, 6.45) is -4.16. The van der Waals surface area contributed by atoms with Crippen molar-refractivity contribution in [2.75, 3.05) is 0 Å². The number of nitrogens with zero attached hydrogens (tertiary/aromatic N) is 2. The molecule has 3 aromatic rings. The molecule has 8 heteroatoms. The summed E-state index contributed by atoms with van der Waals surface area (Å²) in [5.41, 5.74) is 1.58. The van der Waals surface area contributed by atoms with E-state index in [-0.39, 0.29) is 17.1 Å². The maximum Gasteiger partial charge on any atom is 0.449 e. The smallest absolute Gasteiger partial charge is 0.449 e. The van der Waals surface area contributed by atoms with Crippen LogP contribution in [0.15, 0.2) is 42.5 Å². The highest BCUT2D eigenvalue weighted by Gasteiger charge is 2.39. The van der Waals surface area contributed by atoms with Crippen molar-refractivity contribution in [2.24, 2.45) is 0 Å². The summed E-state index contributed by atoms with van der Waals surface area (Å²) >= 11 is 0. The van der Waals surface area contributed by atoms with Crippen LogP contribution < -0.4 is 10.1 Å². The van der Waals surface area contributed by atoms with E-state index in [0.717, 1.165) is 15.7 Å². The summed E-state index contributed by atoms with van der Waals surface area (Å²) in [7, 11) is 0. The molecule has 1 N–H and O–H groups in total. The lowest BCUT2D eigenvalue weighted by molar-refractivity contribution is -0.147. The minimum atomic E-state index is -4.67. The van der Waals surface area contributed by atoms with Crippen molar-refractivity contribution in [3.8, 4) is 5.75 Å². The molecule has 1 aliphatic rings. The number of rotatable bonds is 3. The number of halogens is 3. The molecule has 1 aromatic heterocycles. The van der Waals surface area contributed by atoms with Crippen LogP contribution >= 0.6 is 0 Å². The Morgan fingerprint density at radius 1 is 1.27 bits per heavy atom. The topological polar surface area (TPSA) is 56.2 Å². The number of nitrogens with one attached hydrogen (secondary N) is 1. The van der Waals surface area contributed by atoms with Crippen molar-refractivity contribution in [3.63, 3.8) is 0 Å². The summed E-state index contributed by atoms with van der Waals surface area (Å²) in [4.78, 5) is 16.6. The predicted molar refractivity (Wildman–Crippen MR) is 106 cm³/mol. The zero-order valence-corrected chi connectivity index (χ0v) is 16.9. The van der Waals surface area contributed by atoms with Crippen LogP contribution in [-0.4, -0.2) is 21.1 Å². The third-order valence-electron chi connectivity index (χ3n) is 5.17. The van der Waals surface area contributed by atoms with Crippen LogP contribution in [0, 0.1) is 6.92 Å². The minimum absolute atomic E-state index is 0.207. The zero-order valence-electron chi connectivity index (χ0n) is 16.9. The average Bonchev–Trinajstić information content (AvgIpc) is 2.99. The molecule has 30 heavy (non-hydrogen) atoms. The zero-order chi connectivity index (χ0) is 21.7. The number of aromatic nitrogens is 2. The monoisotopic (exact) mass is 417 g/mol. The molecule has 0 saturated heterocycles. The Bertz CT molecular complexity index is 1120. The van der Waals surface area contributed by atoms with Gasteiger partial charge in [0.2, 0.25) is 11.7 Å². The number of alkyl halides is 3. The van der Waals surface area contributed by atoms with E-state index >= 15 is 0 Å². The molecule has 5 nitrogen and oxygen atoms in total. The summed E-state index contributed by atoms with van der Waals surface area (Å²) in [6, 6.07) is 11.8. The highest BCUT2D eigenvalue weighted by Crippen LogP contribution is 2.39. The van der Waals surface area contributed by atoms with Gasteiger partial charge in [0.05, 0.1) is 17.1 Å². The predicted octanol–water partition coefficient (Wildman–Crippen LogP) is 4.78. The Balaban J connectivity index is 1.65. The van der Waals surface area contributed by atoms with Crippen LogP contribution in [-0.2, 0) is 17.5 Å². The second-order valence-electron chi connectivity index (χ2n) is 8.24. The van der Waals surface area contributed by atoms with Gasteiger partial charge in [0.15, 0.2) is 0 Å². The van der Waals surface area contributed by atoms with Gasteiger partial charge in [0.1, 0.15) is 17.9 Å². The van der Waals surface area contributed by atoms with Crippen LogP contribution in [0.5, 0.6) is 5.75 Å². The highest BCUT2D eigenvalue weighted by molar-refractivity contribution is 5.82. The molecule has 0 spiro atoms. The van der Waals surface area contributed by atoms with E-state index in [4.69, 9.17) is 4.74 Å². The van der Waals surface area contributed by atoms with Crippen molar-refractivity contribution < 1.29 is 22.7 Å². The maximum absolute atomic E-state index is 13.6. The number of carbonyl (C=O) groups excluding carboxylic acids is 1. The fraction of sp³-hybridized carbons (Fsp3) is 0.364. The fourth-order valence-corrected chi connectivity index (χ4v) is 3.92. The third-order valence-corrected chi connectivity index (χ3v) is 5.17. The minimum Gasteiger partial charge on any atom is -0.487 e. The van der Waals surface area contributed by atoms with Gasteiger partial charge in [-0.2, -0.15) is 13.2 Å². The van der Waals surface area contributed by atoms with Gasteiger partial charge in [-0.05, 0) is 44.5 Å². The van der Waals surface area contributed by atoms with Crippen molar-refractivity contribution in [2.45, 2.75) is 51.6 Å².